The van der Waals surface area contributed by atoms with Crippen LogP contribution >= 0.6 is 11.3 Å². The standard InChI is InChI=1S/C33H31N3O3S/c1-3-39-32(38)28-29(23-12-6-4-7-13-23)34-33-36(30(28)24-14-8-5-9-15-24)31(37)27(40-33)21-25-16-17-26(20-22(25)2)35-18-10-11-19-35/h4-9,12-17,20-21,30H,3,10-11,18-19H2,1-2H3/b27-21+/t30-/m0/s1. The van der Waals surface area contributed by atoms with Crippen LogP contribution in [0.1, 0.15) is 48.1 Å². The second kappa shape index (κ2) is 11.1. The van der Waals surface area contributed by atoms with Crippen molar-refractivity contribution in [3.05, 3.63) is 126 Å². The molecule has 6 rings (SSSR count). The van der Waals surface area contributed by atoms with Gasteiger partial charge in [-0.05, 0) is 61.6 Å². The van der Waals surface area contributed by atoms with Crippen molar-refractivity contribution in [2.45, 2.75) is 32.7 Å². The van der Waals surface area contributed by atoms with Crippen LogP contribution in [0.15, 0.2) is 94.2 Å². The summed E-state index contributed by atoms with van der Waals surface area (Å²) >= 11 is 1.35. The lowest BCUT2D eigenvalue weighted by molar-refractivity contribution is -0.138. The molecule has 0 bridgehead atoms. The van der Waals surface area contributed by atoms with Gasteiger partial charge in [0.1, 0.15) is 0 Å². The molecule has 3 aromatic carbocycles. The quantitative estimate of drug-likeness (QED) is 0.323. The highest BCUT2D eigenvalue weighted by Crippen LogP contribution is 2.35. The van der Waals surface area contributed by atoms with E-state index in [9.17, 15) is 9.59 Å². The van der Waals surface area contributed by atoms with Gasteiger partial charge < -0.3 is 9.64 Å². The zero-order chi connectivity index (χ0) is 27.6. The number of ether oxygens (including phenoxy) is 1. The van der Waals surface area contributed by atoms with Crippen molar-refractivity contribution in [3.8, 4) is 0 Å². The Morgan fingerprint density at radius 1 is 1.02 bits per heavy atom. The second-order valence-corrected chi connectivity index (χ2v) is 11.1. The Hall–Kier alpha value is -4.23. The van der Waals surface area contributed by atoms with Crippen molar-refractivity contribution >= 4 is 34.8 Å². The summed E-state index contributed by atoms with van der Waals surface area (Å²) in [5.74, 6) is -0.471. The van der Waals surface area contributed by atoms with Gasteiger partial charge in [-0.2, -0.15) is 0 Å². The fraction of sp³-hybridized carbons (Fsp3) is 0.242. The van der Waals surface area contributed by atoms with Crippen LogP contribution in [0, 0.1) is 6.92 Å². The van der Waals surface area contributed by atoms with Crippen LogP contribution in [-0.4, -0.2) is 30.2 Å². The molecule has 0 N–H and O–H groups in total. The highest BCUT2D eigenvalue weighted by Gasteiger charge is 2.35. The predicted octanol–water partition coefficient (Wildman–Crippen LogP) is 4.84. The minimum absolute atomic E-state index is 0.172. The first-order valence-electron chi connectivity index (χ1n) is 13.7. The minimum Gasteiger partial charge on any atom is -0.463 e. The van der Waals surface area contributed by atoms with Crippen molar-refractivity contribution in [1.29, 1.82) is 0 Å². The number of hydrogen-bond acceptors (Lipinski definition) is 6. The first-order chi connectivity index (χ1) is 19.5. The molecule has 2 aliphatic rings. The monoisotopic (exact) mass is 549 g/mol. The molecule has 40 heavy (non-hydrogen) atoms. The Morgan fingerprint density at radius 2 is 1.73 bits per heavy atom. The third-order valence-electron chi connectivity index (χ3n) is 7.50. The molecule has 2 aliphatic heterocycles. The highest BCUT2D eigenvalue weighted by atomic mass is 32.1. The van der Waals surface area contributed by atoms with E-state index in [0.29, 0.717) is 20.6 Å². The molecule has 0 radical (unpaired) electrons. The molecule has 1 atom stereocenters. The Bertz CT molecular complexity index is 1770. The van der Waals surface area contributed by atoms with E-state index in [1.54, 1.807) is 11.5 Å². The topological polar surface area (TPSA) is 63.9 Å². The zero-order valence-corrected chi connectivity index (χ0v) is 23.5. The van der Waals surface area contributed by atoms with Gasteiger partial charge in [0.2, 0.25) is 0 Å². The summed E-state index contributed by atoms with van der Waals surface area (Å²) in [5.41, 5.74) is 5.70. The molecule has 1 aromatic heterocycles. The number of anilines is 1. The molecular formula is C33H31N3O3S. The van der Waals surface area contributed by atoms with Gasteiger partial charge in [0.05, 0.1) is 28.5 Å². The van der Waals surface area contributed by atoms with Crippen molar-refractivity contribution in [1.82, 2.24) is 4.57 Å². The number of fused-ring (bicyclic) bond motifs is 1. The van der Waals surface area contributed by atoms with Gasteiger partial charge in [-0.15, -0.1) is 0 Å². The zero-order valence-electron chi connectivity index (χ0n) is 22.7. The van der Waals surface area contributed by atoms with Gasteiger partial charge in [-0.25, -0.2) is 9.79 Å². The molecule has 1 fully saturated rings. The Kier molecular flexibility index (Phi) is 7.22. The van der Waals surface area contributed by atoms with E-state index in [0.717, 1.165) is 35.3 Å². The van der Waals surface area contributed by atoms with Gasteiger partial charge >= 0.3 is 5.97 Å². The van der Waals surface area contributed by atoms with E-state index in [1.807, 2.05) is 66.7 Å². The predicted molar refractivity (Wildman–Crippen MR) is 160 cm³/mol. The largest absolute Gasteiger partial charge is 0.463 e. The van der Waals surface area contributed by atoms with Gasteiger partial charge in [0.25, 0.3) is 5.56 Å². The summed E-state index contributed by atoms with van der Waals surface area (Å²) in [5, 5.41) is 0. The molecule has 0 aliphatic carbocycles. The molecule has 7 heteroatoms. The number of nitrogens with zero attached hydrogens (tertiary/aromatic N) is 3. The van der Waals surface area contributed by atoms with E-state index < -0.39 is 12.0 Å². The number of benzene rings is 3. The highest BCUT2D eigenvalue weighted by molar-refractivity contribution is 7.07. The van der Waals surface area contributed by atoms with E-state index >= 15 is 0 Å². The molecule has 0 unspecified atom stereocenters. The summed E-state index contributed by atoms with van der Waals surface area (Å²) in [6, 6.07) is 25.0. The van der Waals surface area contributed by atoms with Gasteiger partial charge in [-0.3, -0.25) is 9.36 Å². The summed E-state index contributed by atoms with van der Waals surface area (Å²) < 4.78 is 7.76. The van der Waals surface area contributed by atoms with E-state index in [-0.39, 0.29) is 12.2 Å². The smallest absolute Gasteiger partial charge is 0.338 e. The first kappa shape index (κ1) is 26.0. The van der Waals surface area contributed by atoms with Crippen LogP contribution in [0.3, 0.4) is 0 Å². The van der Waals surface area contributed by atoms with Crippen molar-refractivity contribution in [2.24, 2.45) is 4.99 Å². The molecule has 4 aromatic rings. The second-order valence-electron chi connectivity index (χ2n) is 10.1. The van der Waals surface area contributed by atoms with Crippen LogP contribution in [0.4, 0.5) is 5.69 Å². The summed E-state index contributed by atoms with van der Waals surface area (Å²) in [6.07, 6.45) is 4.40. The Balaban J connectivity index is 1.55. The molecule has 3 heterocycles. The van der Waals surface area contributed by atoms with E-state index in [4.69, 9.17) is 9.73 Å². The summed E-state index contributed by atoms with van der Waals surface area (Å²) in [7, 11) is 0. The maximum atomic E-state index is 14.1. The van der Waals surface area contributed by atoms with Crippen LogP contribution in [0.5, 0.6) is 0 Å². The number of hydrogen-bond donors (Lipinski definition) is 0. The van der Waals surface area contributed by atoms with Crippen LogP contribution in [0.2, 0.25) is 0 Å². The minimum atomic E-state index is -0.660. The average Bonchev–Trinajstić information content (AvgIpc) is 3.63. The number of carbonyl (C=O) groups excluding carboxylic acids is 1. The van der Waals surface area contributed by atoms with E-state index in [2.05, 4.69) is 30.0 Å². The van der Waals surface area contributed by atoms with Crippen molar-refractivity contribution in [2.75, 3.05) is 24.6 Å². The maximum Gasteiger partial charge on any atom is 0.338 e. The average molecular weight is 550 g/mol. The third-order valence-corrected chi connectivity index (χ3v) is 8.48. The van der Waals surface area contributed by atoms with Crippen LogP contribution in [0.25, 0.3) is 11.8 Å². The molecule has 202 valence electrons. The number of aromatic nitrogens is 1. The number of carbonyl (C=O) groups is 1. The fourth-order valence-corrected chi connectivity index (χ4v) is 6.52. The molecular weight excluding hydrogens is 518 g/mol. The van der Waals surface area contributed by atoms with Gasteiger partial charge in [-0.1, -0.05) is 78.1 Å². The lowest BCUT2D eigenvalue weighted by Gasteiger charge is -2.25. The van der Waals surface area contributed by atoms with Crippen LogP contribution < -0.4 is 19.8 Å². The molecule has 0 amide bonds. The summed E-state index contributed by atoms with van der Waals surface area (Å²) in [4.78, 5) is 35.5. The fourth-order valence-electron chi connectivity index (χ4n) is 5.53. The number of thiazole rings is 1. The molecule has 0 saturated carbocycles. The van der Waals surface area contributed by atoms with Crippen molar-refractivity contribution < 1.29 is 9.53 Å². The molecule has 0 spiro atoms. The number of aryl methyl sites for hydroxylation is 1. The Morgan fingerprint density at radius 3 is 2.40 bits per heavy atom. The molecule has 1 saturated heterocycles. The van der Waals surface area contributed by atoms with Gasteiger partial charge in [0, 0.05) is 24.3 Å². The van der Waals surface area contributed by atoms with E-state index in [1.165, 1.54) is 29.9 Å². The lowest BCUT2D eigenvalue weighted by atomic mass is 9.93. The molecule has 6 nitrogen and oxygen atoms in total. The normalized spacial score (nSPS) is 17.1. The van der Waals surface area contributed by atoms with Crippen LogP contribution in [-0.2, 0) is 9.53 Å². The number of rotatable bonds is 6. The summed E-state index contributed by atoms with van der Waals surface area (Å²) in [6.45, 7) is 6.27. The van der Waals surface area contributed by atoms with Gasteiger partial charge in [0.15, 0.2) is 4.80 Å². The third kappa shape index (κ3) is 4.82. The van der Waals surface area contributed by atoms with Crippen molar-refractivity contribution in [3.63, 3.8) is 0 Å². The Labute approximate surface area is 237 Å². The number of esters is 1. The SMILES string of the molecule is CCOC(=O)C1=C(c2ccccc2)N=c2s/c(=C/c3ccc(N4CCCC4)cc3C)c(=O)n2[C@H]1c1ccccc1. The maximum absolute atomic E-state index is 14.1. The lowest BCUT2D eigenvalue weighted by Crippen LogP contribution is -2.40. The first-order valence-corrected chi connectivity index (χ1v) is 14.6.